The summed E-state index contributed by atoms with van der Waals surface area (Å²) in [6.07, 6.45) is 1.71. The second-order valence-electron chi connectivity index (χ2n) is 5.70. The molecule has 0 atom stereocenters. The molecule has 1 heterocycles. The maximum Gasteiger partial charge on any atom is 0.261 e. The van der Waals surface area contributed by atoms with E-state index in [4.69, 9.17) is 0 Å². The number of rotatable bonds is 6. The molecule has 0 saturated carbocycles. The number of pyridine rings is 1. The fraction of sp³-hybridized carbons (Fsp3) is 0.0526. The number of amides is 1. The van der Waals surface area contributed by atoms with E-state index in [-0.39, 0.29) is 17.2 Å². The molecule has 27 heavy (non-hydrogen) atoms. The normalized spacial score (nSPS) is 11.0. The Morgan fingerprint density at radius 2 is 1.67 bits per heavy atom. The number of nitrogens with one attached hydrogen (secondary N) is 2. The first-order valence-corrected chi connectivity index (χ1v) is 9.49. The molecule has 0 bridgehead atoms. The predicted molar refractivity (Wildman–Crippen MR) is 100 cm³/mol. The molecule has 8 heteroatoms. The number of anilines is 2. The highest BCUT2D eigenvalue weighted by Gasteiger charge is 2.14. The van der Waals surface area contributed by atoms with Crippen molar-refractivity contribution in [1.82, 2.24) is 4.98 Å². The van der Waals surface area contributed by atoms with Gasteiger partial charge in [0.05, 0.1) is 11.3 Å². The molecular formula is C19H16FN3O3S. The van der Waals surface area contributed by atoms with Gasteiger partial charge in [-0.25, -0.2) is 17.8 Å². The van der Waals surface area contributed by atoms with Gasteiger partial charge in [-0.15, -0.1) is 0 Å². The molecule has 0 spiro atoms. The summed E-state index contributed by atoms with van der Waals surface area (Å²) in [5.74, 6) is -0.276. The summed E-state index contributed by atoms with van der Waals surface area (Å²) in [5.41, 5.74) is 1.06. The molecule has 2 N–H and O–H groups in total. The molecule has 0 aliphatic carbocycles. The van der Waals surface area contributed by atoms with E-state index in [1.54, 1.807) is 48.7 Å². The zero-order valence-electron chi connectivity index (χ0n) is 14.1. The van der Waals surface area contributed by atoms with Crippen LogP contribution in [0.5, 0.6) is 0 Å². The Morgan fingerprint density at radius 3 is 2.30 bits per heavy atom. The van der Waals surface area contributed by atoms with Gasteiger partial charge in [0.1, 0.15) is 11.6 Å². The van der Waals surface area contributed by atoms with Crippen LogP contribution >= 0.6 is 0 Å². The van der Waals surface area contributed by atoms with Gasteiger partial charge in [0.25, 0.3) is 10.0 Å². The third-order valence-corrected chi connectivity index (χ3v) is 5.02. The van der Waals surface area contributed by atoms with Crippen LogP contribution in [0.3, 0.4) is 0 Å². The lowest BCUT2D eigenvalue weighted by Gasteiger charge is -2.09. The molecule has 0 unspecified atom stereocenters. The number of aromatic nitrogens is 1. The van der Waals surface area contributed by atoms with E-state index in [0.717, 1.165) is 12.1 Å². The van der Waals surface area contributed by atoms with Crippen LogP contribution in [0.15, 0.2) is 77.8 Å². The van der Waals surface area contributed by atoms with Crippen LogP contribution in [0.2, 0.25) is 0 Å². The molecular weight excluding hydrogens is 369 g/mol. The van der Waals surface area contributed by atoms with E-state index in [1.165, 1.54) is 12.1 Å². The maximum atomic E-state index is 12.9. The van der Waals surface area contributed by atoms with Crippen LogP contribution in [0, 0.1) is 5.82 Å². The van der Waals surface area contributed by atoms with Gasteiger partial charge in [0, 0.05) is 11.9 Å². The number of hydrogen-bond acceptors (Lipinski definition) is 4. The standard InChI is InChI=1S/C19H16FN3O3S/c20-15-6-10-17(11-7-15)27(25,26)23-16-8-4-14(5-9-16)13-19(24)22-18-3-1-2-12-21-18/h1-12,23H,13H2,(H,21,22,24). The minimum absolute atomic E-state index is 0.0392. The largest absolute Gasteiger partial charge is 0.310 e. The lowest BCUT2D eigenvalue weighted by molar-refractivity contribution is -0.115. The van der Waals surface area contributed by atoms with Gasteiger partial charge in [0.15, 0.2) is 0 Å². The monoisotopic (exact) mass is 385 g/mol. The number of carbonyl (C=O) groups is 1. The Kier molecular flexibility index (Phi) is 5.46. The van der Waals surface area contributed by atoms with Crippen molar-refractivity contribution in [3.63, 3.8) is 0 Å². The molecule has 0 aliphatic rings. The van der Waals surface area contributed by atoms with Gasteiger partial charge in [-0.3, -0.25) is 9.52 Å². The number of halogens is 1. The predicted octanol–water partition coefficient (Wildman–Crippen LogP) is 3.20. The molecule has 138 valence electrons. The lowest BCUT2D eigenvalue weighted by atomic mass is 10.1. The van der Waals surface area contributed by atoms with Crippen LogP contribution < -0.4 is 10.0 Å². The van der Waals surface area contributed by atoms with E-state index in [1.807, 2.05) is 0 Å². The zero-order valence-corrected chi connectivity index (χ0v) is 14.9. The van der Waals surface area contributed by atoms with E-state index in [9.17, 15) is 17.6 Å². The Hall–Kier alpha value is -3.26. The molecule has 3 rings (SSSR count). The second kappa shape index (κ2) is 7.96. The number of nitrogens with zero attached hydrogens (tertiary/aromatic N) is 1. The highest BCUT2D eigenvalue weighted by molar-refractivity contribution is 7.92. The fourth-order valence-electron chi connectivity index (χ4n) is 2.33. The summed E-state index contributed by atoms with van der Waals surface area (Å²) in [6.45, 7) is 0. The number of hydrogen-bond donors (Lipinski definition) is 2. The van der Waals surface area contributed by atoms with Gasteiger partial charge < -0.3 is 5.32 Å². The molecule has 0 aliphatic heterocycles. The van der Waals surface area contributed by atoms with Crippen LogP contribution in [0.4, 0.5) is 15.9 Å². The molecule has 2 aromatic carbocycles. The summed E-state index contributed by atoms with van der Waals surface area (Å²) in [5, 5.41) is 2.68. The van der Waals surface area contributed by atoms with Gasteiger partial charge >= 0.3 is 0 Å². The number of sulfonamides is 1. The van der Waals surface area contributed by atoms with Gasteiger partial charge in [0.2, 0.25) is 5.91 Å². The minimum Gasteiger partial charge on any atom is -0.310 e. The summed E-state index contributed by atoms with van der Waals surface area (Å²) in [7, 11) is -3.81. The van der Waals surface area contributed by atoms with E-state index in [2.05, 4.69) is 15.0 Å². The summed E-state index contributed by atoms with van der Waals surface area (Å²) in [4.78, 5) is 16.0. The van der Waals surface area contributed by atoms with Crippen molar-refractivity contribution in [3.8, 4) is 0 Å². The second-order valence-corrected chi connectivity index (χ2v) is 7.38. The quantitative estimate of drug-likeness (QED) is 0.682. The van der Waals surface area contributed by atoms with Gasteiger partial charge in [-0.2, -0.15) is 0 Å². The van der Waals surface area contributed by atoms with Crippen LogP contribution in [0.1, 0.15) is 5.56 Å². The van der Waals surface area contributed by atoms with Crippen molar-refractivity contribution in [1.29, 1.82) is 0 Å². The summed E-state index contributed by atoms with van der Waals surface area (Å²) in [6, 6.07) is 16.2. The van der Waals surface area contributed by atoms with E-state index < -0.39 is 15.8 Å². The van der Waals surface area contributed by atoms with Crippen LogP contribution in [0.25, 0.3) is 0 Å². The summed E-state index contributed by atoms with van der Waals surface area (Å²) < 4.78 is 39.9. The average Bonchev–Trinajstić information content (AvgIpc) is 2.64. The highest BCUT2D eigenvalue weighted by Crippen LogP contribution is 2.17. The van der Waals surface area contributed by atoms with Gasteiger partial charge in [-0.1, -0.05) is 18.2 Å². The molecule has 0 radical (unpaired) electrons. The van der Waals surface area contributed by atoms with Crippen molar-refractivity contribution < 1.29 is 17.6 Å². The molecule has 1 aromatic heterocycles. The molecule has 6 nitrogen and oxygen atoms in total. The number of carbonyl (C=O) groups excluding carboxylic acids is 1. The highest BCUT2D eigenvalue weighted by atomic mass is 32.2. The first kappa shape index (κ1) is 18.5. The Bertz CT molecular complexity index is 1020. The smallest absolute Gasteiger partial charge is 0.261 e. The van der Waals surface area contributed by atoms with Gasteiger partial charge in [-0.05, 0) is 54.1 Å². The van der Waals surface area contributed by atoms with Crippen molar-refractivity contribution in [2.45, 2.75) is 11.3 Å². The Morgan fingerprint density at radius 1 is 0.963 bits per heavy atom. The first-order chi connectivity index (χ1) is 12.9. The Labute approximate surface area is 156 Å². The van der Waals surface area contributed by atoms with Crippen molar-refractivity contribution in [2.75, 3.05) is 10.0 Å². The molecule has 0 saturated heterocycles. The summed E-state index contributed by atoms with van der Waals surface area (Å²) >= 11 is 0. The van der Waals surface area contributed by atoms with Crippen LogP contribution in [-0.2, 0) is 21.2 Å². The lowest BCUT2D eigenvalue weighted by Crippen LogP contribution is -2.15. The van der Waals surface area contributed by atoms with Crippen molar-refractivity contribution >= 4 is 27.4 Å². The SMILES string of the molecule is O=C(Cc1ccc(NS(=O)(=O)c2ccc(F)cc2)cc1)Nc1ccccn1. The average molecular weight is 385 g/mol. The maximum absolute atomic E-state index is 12.9. The number of benzene rings is 2. The van der Waals surface area contributed by atoms with E-state index in [0.29, 0.717) is 17.1 Å². The fourth-order valence-corrected chi connectivity index (χ4v) is 3.39. The molecule has 1 amide bonds. The first-order valence-electron chi connectivity index (χ1n) is 8.01. The van der Waals surface area contributed by atoms with Crippen molar-refractivity contribution in [2.24, 2.45) is 0 Å². The minimum atomic E-state index is -3.81. The third kappa shape index (κ3) is 5.11. The zero-order chi connectivity index (χ0) is 19.3. The van der Waals surface area contributed by atoms with E-state index >= 15 is 0 Å². The molecule has 0 fully saturated rings. The molecule has 3 aromatic rings. The third-order valence-electron chi connectivity index (χ3n) is 3.63. The topological polar surface area (TPSA) is 88.2 Å². The van der Waals surface area contributed by atoms with Crippen LogP contribution in [-0.4, -0.2) is 19.3 Å². The van der Waals surface area contributed by atoms with Crippen molar-refractivity contribution in [3.05, 3.63) is 84.3 Å². The Balaban J connectivity index is 1.63.